The molecule has 3 aliphatic rings. The van der Waals surface area contributed by atoms with Gasteiger partial charge in [0, 0.05) is 24.5 Å². The molecule has 0 spiro atoms. The summed E-state index contributed by atoms with van der Waals surface area (Å²) in [5.41, 5.74) is 1.99. The number of imidazole rings is 1. The van der Waals surface area contributed by atoms with Gasteiger partial charge in [0.2, 0.25) is 0 Å². The van der Waals surface area contributed by atoms with Gasteiger partial charge in [0.1, 0.15) is 66.8 Å². The van der Waals surface area contributed by atoms with Gasteiger partial charge >= 0.3 is 34.8 Å². The van der Waals surface area contributed by atoms with Crippen molar-refractivity contribution in [2.24, 2.45) is 0 Å². The molecular weight excluding hydrogens is 923 g/mol. The van der Waals surface area contributed by atoms with Crippen LogP contribution in [0.25, 0.3) is 11.2 Å². The molecule has 7 heterocycles. The minimum atomic E-state index is -5.58. The second-order valence-corrected chi connectivity index (χ2v) is 17.8. The van der Waals surface area contributed by atoms with Crippen molar-refractivity contribution in [3.63, 3.8) is 0 Å². The van der Waals surface area contributed by atoms with Crippen LogP contribution in [0.5, 0.6) is 0 Å². The Balaban J connectivity index is 1.07. The highest BCUT2D eigenvalue weighted by atomic mass is 31.2. The number of aromatic amines is 2. The number of aromatic nitrogens is 8. The number of aliphatic hydroxyl groups is 4. The second kappa shape index (κ2) is 18.0. The molecular formula is C28H36N9O23P3. The Morgan fingerprint density at radius 2 is 1.10 bits per heavy atom. The average molecular weight is 960 g/mol. The molecule has 3 aliphatic heterocycles. The lowest BCUT2D eigenvalue weighted by Gasteiger charge is -2.26. The minimum Gasteiger partial charge on any atom is -0.387 e. The summed E-state index contributed by atoms with van der Waals surface area (Å²) in [5.74, 6) is -0.00719. The predicted octanol–water partition coefficient (Wildman–Crippen LogP) is -5.24. The van der Waals surface area contributed by atoms with Crippen LogP contribution in [0.1, 0.15) is 18.7 Å². The zero-order chi connectivity index (χ0) is 45.8. The van der Waals surface area contributed by atoms with Crippen LogP contribution in [-0.4, -0.2) is 153 Å². The maximum Gasteiger partial charge on any atom is 0.472 e. The first kappa shape index (κ1) is 46.7. The van der Waals surface area contributed by atoms with Crippen molar-refractivity contribution in [1.29, 1.82) is 0 Å². The molecule has 2 unspecified atom stereocenters. The molecule has 12 N–H and O–H groups in total. The van der Waals surface area contributed by atoms with Gasteiger partial charge in [0.15, 0.2) is 30.1 Å². The number of nitrogen functional groups attached to an aromatic ring is 1. The molecule has 0 aromatic carbocycles. The number of phosphoric ester groups is 3. The molecule has 35 heteroatoms. The van der Waals surface area contributed by atoms with Crippen molar-refractivity contribution in [2.45, 2.75) is 73.6 Å². The summed E-state index contributed by atoms with van der Waals surface area (Å²) in [6.07, 6.45) is -18.3. The number of hydrogen-bond acceptors (Lipinski definition) is 23. The van der Waals surface area contributed by atoms with Gasteiger partial charge in [-0.2, -0.15) is 0 Å². The lowest BCUT2D eigenvalue weighted by atomic mass is 10.1. The van der Waals surface area contributed by atoms with E-state index in [0.29, 0.717) is 9.13 Å². The highest BCUT2D eigenvalue weighted by molar-refractivity contribution is 7.47. The maximum atomic E-state index is 13.4. The average Bonchev–Trinajstić information content (AvgIpc) is 3.92. The van der Waals surface area contributed by atoms with E-state index in [4.69, 9.17) is 38.0 Å². The number of nitrogens with two attached hydrogens (primary N) is 1. The number of phosphoric acid groups is 3. The van der Waals surface area contributed by atoms with Crippen LogP contribution in [0.4, 0.5) is 5.82 Å². The van der Waals surface area contributed by atoms with Crippen molar-refractivity contribution in [2.75, 3.05) is 25.6 Å². The minimum absolute atomic E-state index is 0.00719. The molecule has 346 valence electrons. The lowest BCUT2D eigenvalue weighted by molar-refractivity contribution is -0.0633. The fourth-order valence-corrected chi connectivity index (χ4v) is 8.98. The summed E-state index contributed by atoms with van der Waals surface area (Å²) in [6, 6.07) is 1.68. The van der Waals surface area contributed by atoms with E-state index in [-0.39, 0.29) is 17.0 Å². The van der Waals surface area contributed by atoms with Gasteiger partial charge in [-0.25, -0.2) is 38.2 Å². The summed E-state index contributed by atoms with van der Waals surface area (Å²) in [4.78, 5) is 104. The summed E-state index contributed by atoms with van der Waals surface area (Å²) in [7, 11) is -16.3. The molecule has 63 heavy (non-hydrogen) atoms. The number of hydrogen-bond donors (Lipinski definition) is 11. The van der Waals surface area contributed by atoms with E-state index >= 15 is 0 Å². The molecule has 4 aromatic heterocycles. The van der Waals surface area contributed by atoms with Crippen molar-refractivity contribution >= 4 is 40.4 Å². The van der Waals surface area contributed by atoms with Crippen LogP contribution < -0.4 is 28.2 Å². The molecule has 14 atom stereocenters. The maximum absolute atomic E-state index is 13.4. The number of fused-ring (bicyclic) bond motifs is 1. The van der Waals surface area contributed by atoms with Gasteiger partial charge in [-0.3, -0.25) is 55.9 Å². The molecule has 0 aliphatic carbocycles. The van der Waals surface area contributed by atoms with E-state index in [0.717, 1.165) is 30.9 Å². The summed E-state index contributed by atoms with van der Waals surface area (Å²) in [5, 5.41) is 43.8. The Bertz CT molecular complexity index is 2710. The topological polar surface area (TPSA) is 466 Å². The van der Waals surface area contributed by atoms with E-state index in [2.05, 4.69) is 19.5 Å². The van der Waals surface area contributed by atoms with E-state index in [9.17, 15) is 72.9 Å². The molecule has 0 amide bonds. The molecule has 3 saturated heterocycles. The third-order valence-electron chi connectivity index (χ3n) is 9.59. The fraction of sp³-hybridized carbons (Fsp3) is 0.536. The van der Waals surface area contributed by atoms with Crippen LogP contribution in [0.2, 0.25) is 0 Å². The number of ether oxygens (including phenoxy) is 3. The predicted molar refractivity (Wildman–Crippen MR) is 197 cm³/mol. The summed E-state index contributed by atoms with van der Waals surface area (Å²) in [6.45, 7) is -3.32. The van der Waals surface area contributed by atoms with Gasteiger partial charge < -0.3 is 59.9 Å². The summed E-state index contributed by atoms with van der Waals surface area (Å²) < 4.78 is 82.1. The van der Waals surface area contributed by atoms with Crippen LogP contribution in [-0.2, 0) is 50.5 Å². The molecule has 0 bridgehead atoms. The third-order valence-corrected chi connectivity index (χ3v) is 12.0. The van der Waals surface area contributed by atoms with Crippen LogP contribution >= 0.6 is 23.5 Å². The first-order valence-corrected chi connectivity index (χ1v) is 22.3. The number of anilines is 1. The third kappa shape index (κ3) is 10.2. The number of nitrogens with zero attached hydrogens (tertiary/aromatic N) is 6. The first-order chi connectivity index (χ1) is 29.5. The molecule has 3 fully saturated rings. The summed E-state index contributed by atoms with van der Waals surface area (Å²) >= 11 is 0. The zero-order valence-corrected chi connectivity index (χ0v) is 34.0. The van der Waals surface area contributed by atoms with Crippen molar-refractivity contribution in [3.05, 3.63) is 78.9 Å². The smallest absolute Gasteiger partial charge is 0.387 e. The Morgan fingerprint density at radius 3 is 1.59 bits per heavy atom. The van der Waals surface area contributed by atoms with Crippen molar-refractivity contribution in [1.82, 2.24) is 38.6 Å². The van der Waals surface area contributed by atoms with E-state index in [1.165, 1.54) is 10.9 Å². The quantitative estimate of drug-likeness (QED) is 0.0467. The van der Waals surface area contributed by atoms with Gasteiger partial charge in [0.25, 0.3) is 11.1 Å². The second-order valence-electron chi connectivity index (χ2n) is 13.7. The molecule has 0 radical (unpaired) electrons. The lowest BCUT2D eigenvalue weighted by Crippen LogP contribution is -2.39. The van der Waals surface area contributed by atoms with E-state index in [1.54, 1.807) is 0 Å². The van der Waals surface area contributed by atoms with E-state index in [1.807, 2.05) is 9.97 Å². The SMILES string of the molecule is Nc1ncnc2c1ncn2[C@@H]1O[C@H](COP(=O)(O)O[C@H]2[C@@H](O)[C@H](n3ccc(=O)[nH]c3=O)O[C@@H]2COP(=O)(O)O[C@H]2[C@@H](O)[C@H](n3ccc(=O)[nH]c3=O)O[C@@H]2COP(=O)(O)O)[C@@H](O)[C@H]1O. The van der Waals surface area contributed by atoms with Gasteiger partial charge in [-0.1, -0.05) is 0 Å². The Morgan fingerprint density at radius 1 is 0.635 bits per heavy atom. The van der Waals surface area contributed by atoms with Crippen molar-refractivity contribution < 1.29 is 90.5 Å². The number of nitrogens with one attached hydrogen (secondary N) is 2. The molecule has 4 aromatic rings. The largest absolute Gasteiger partial charge is 0.472 e. The zero-order valence-electron chi connectivity index (χ0n) is 31.3. The van der Waals surface area contributed by atoms with Gasteiger partial charge in [-0.05, 0) is 0 Å². The standard InChI is InChI=1S/C28H36N9O23P3/c29-22-15-23(31-8-30-22)37(9-32-15)24-17(41)16(40)10(56-24)5-54-62(49,50)60-21-12(58-26(19(21)43)36-4-2-14(39)34-28(36)45)7-55-63(51,52)59-20-11(6-53-61(46,47)48)57-25(18(20)42)35-3-1-13(38)33-27(35)44/h1-4,8-12,16-21,24-26,40-43H,5-7H2,(H,49,50)(H,51,52)(H2,29,30,31)(H,33,38,44)(H,34,39,45)(H2,46,47,48)/t10-,11-,12-,16-,17-,18-,19-,20-,21-,24-,25-,26-/m1/s1. The van der Waals surface area contributed by atoms with E-state index < -0.39 is 139 Å². The Hall–Kier alpha value is -4.24. The highest BCUT2D eigenvalue weighted by Gasteiger charge is 2.53. The van der Waals surface area contributed by atoms with Crippen LogP contribution in [0, 0.1) is 0 Å². The first-order valence-electron chi connectivity index (χ1n) is 17.8. The molecule has 0 saturated carbocycles. The number of H-pyrrole nitrogens is 2. The van der Waals surface area contributed by atoms with Gasteiger partial charge in [-0.15, -0.1) is 0 Å². The molecule has 7 rings (SSSR count). The van der Waals surface area contributed by atoms with Gasteiger partial charge in [0.05, 0.1) is 26.1 Å². The fourth-order valence-electron chi connectivity index (χ4n) is 6.71. The van der Waals surface area contributed by atoms with Crippen molar-refractivity contribution in [3.8, 4) is 0 Å². The normalized spacial score (nSPS) is 31.9. The number of aliphatic hydroxyl groups excluding tert-OH is 4. The van der Waals surface area contributed by atoms with Crippen LogP contribution in [0.15, 0.2) is 56.4 Å². The van der Waals surface area contributed by atoms with Crippen LogP contribution in [0.3, 0.4) is 0 Å². The monoisotopic (exact) mass is 959 g/mol. The Kier molecular flexibility index (Phi) is 13.3. The highest BCUT2D eigenvalue weighted by Crippen LogP contribution is 2.52. The number of rotatable bonds is 16. The molecule has 32 nitrogen and oxygen atoms in total. The Labute approximate surface area is 347 Å².